The van der Waals surface area contributed by atoms with E-state index in [1.165, 1.54) is 43.5 Å². The molecule has 0 radical (unpaired) electrons. The largest absolute Gasteiger partial charge is 0.493 e. The molecule has 0 saturated heterocycles. The van der Waals surface area contributed by atoms with Crippen molar-refractivity contribution in [3.63, 3.8) is 0 Å². The summed E-state index contributed by atoms with van der Waals surface area (Å²) >= 11 is 12.6. The average molecular weight is 498 g/mol. The zero-order valence-electron chi connectivity index (χ0n) is 17.7. The fourth-order valence-electron chi connectivity index (χ4n) is 2.91. The molecule has 0 fully saturated rings. The number of non-ortho nitro benzene ring substituents is 1. The molecule has 0 aromatic heterocycles. The smallest absolute Gasteiger partial charge is 0.269 e. The lowest BCUT2D eigenvalue weighted by molar-refractivity contribution is -0.384. The molecule has 1 amide bonds. The van der Waals surface area contributed by atoms with Gasteiger partial charge < -0.3 is 14.8 Å². The van der Waals surface area contributed by atoms with Gasteiger partial charge in [-0.3, -0.25) is 14.9 Å². The van der Waals surface area contributed by atoms with E-state index in [1.807, 2.05) is 24.3 Å². The molecule has 0 aliphatic carbocycles. The van der Waals surface area contributed by atoms with Crippen molar-refractivity contribution >= 4 is 46.6 Å². The predicted molar refractivity (Wildman–Crippen MR) is 129 cm³/mol. The van der Waals surface area contributed by atoms with Crippen molar-refractivity contribution in [1.82, 2.24) is 0 Å². The lowest BCUT2D eigenvalue weighted by atomic mass is 10.1. The van der Waals surface area contributed by atoms with E-state index in [9.17, 15) is 20.2 Å². The van der Waals surface area contributed by atoms with Gasteiger partial charge in [0.15, 0.2) is 11.5 Å². The number of nitrogens with one attached hydrogen (secondary N) is 1. The fourth-order valence-corrected chi connectivity index (χ4v) is 3.37. The number of hydrogen-bond donors (Lipinski definition) is 1. The highest BCUT2D eigenvalue weighted by molar-refractivity contribution is 6.32. The third kappa shape index (κ3) is 6.04. The molecule has 8 nitrogen and oxygen atoms in total. The van der Waals surface area contributed by atoms with Crippen molar-refractivity contribution in [3.05, 3.63) is 97.5 Å². The van der Waals surface area contributed by atoms with E-state index in [-0.39, 0.29) is 28.6 Å². The molecule has 3 aromatic carbocycles. The third-order valence-corrected chi connectivity index (χ3v) is 5.24. The van der Waals surface area contributed by atoms with Gasteiger partial charge in [0, 0.05) is 28.4 Å². The Morgan fingerprint density at radius 1 is 1.15 bits per heavy atom. The van der Waals surface area contributed by atoms with Gasteiger partial charge in [-0.25, -0.2) is 0 Å². The highest BCUT2D eigenvalue weighted by Gasteiger charge is 2.15. The Labute approximate surface area is 205 Å². The van der Waals surface area contributed by atoms with Gasteiger partial charge in [-0.05, 0) is 42.0 Å². The number of hydrogen-bond acceptors (Lipinski definition) is 6. The number of nitriles is 1. The number of halogens is 2. The van der Waals surface area contributed by atoms with E-state index in [4.69, 9.17) is 32.7 Å². The molecule has 0 spiro atoms. The molecule has 10 heteroatoms. The number of benzene rings is 3. The molecule has 0 aliphatic heterocycles. The molecule has 0 aliphatic rings. The van der Waals surface area contributed by atoms with Crippen LogP contribution in [0.2, 0.25) is 10.0 Å². The second-order valence-electron chi connectivity index (χ2n) is 6.84. The quantitative estimate of drug-likeness (QED) is 0.175. The standard InChI is InChI=1S/C24H17Cl2N3O5/c1-33-22-12-15(11-21(26)23(22)34-14-16-4-2-3-5-20(16)25)10-17(13-27)24(30)28-18-6-8-19(9-7-18)29(31)32/h2-12H,14H2,1H3,(H,28,30)/b17-10-. The second-order valence-corrected chi connectivity index (χ2v) is 7.66. The molecule has 0 atom stereocenters. The molecule has 1 N–H and O–H groups in total. The van der Waals surface area contributed by atoms with Crippen LogP contribution in [-0.2, 0) is 11.4 Å². The van der Waals surface area contributed by atoms with E-state index in [1.54, 1.807) is 12.1 Å². The Morgan fingerprint density at radius 3 is 2.47 bits per heavy atom. The number of methoxy groups -OCH3 is 1. The fraction of sp³-hybridized carbons (Fsp3) is 0.0833. The van der Waals surface area contributed by atoms with Gasteiger partial charge in [-0.15, -0.1) is 0 Å². The summed E-state index contributed by atoms with van der Waals surface area (Å²) in [6.45, 7) is 0.159. The summed E-state index contributed by atoms with van der Waals surface area (Å²) in [4.78, 5) is 22.7. The van der Waals surface area contributed by atoms with Crippen LogP contribution in [0.15, 0.2) is 66.2 Å². The molecule has 0 heterocycles. The number of nitro benzene ring substituents is 1. The van der Waals surface area contributed by atoms with Crippen LogP contribution in [0, 0.1) is 21.4 Å². The van der Waals surface area contributed by atoms with Crippen LogP contribution in [0.1, 0.15) is 11.1 Å². The summed E-state index contributed by atoms with van der Waals surface area (Å²) in [5, 5.41) is 23.5. The lowest BCUT2D eigenvalue weighted by Crippen LogP contribution is -2.13. The van der Waals surface area contributed by atoms with Crippen LogP contribution >= 0.6 is 23.2 Å². The minimum Gasteiger partial charge on any atom is -0.493 e. The number of carbonyl (C=O) groups excluding carboxylic acids is 1. The van der Waals surface area contributed by atoms with Gasteiger partial charge in [0.25, 0.3) is 11.6 Å². The zero-order valence-corrected chi connectivity index (χ0v) is 19.3. The van der Waals surface area contributed by atoms with Crippen LogP contribution in [0.4, 0.5) is 11.4 Å². The minimum absolute atomic E-state index is 0.118. The Balaban J connectivity index is 1.80. The highest BCUT2D eigenvalue weighted by atomic mass is 35.5. The van der Waals surface area contributed by atoms with Crippen LogP contribution in [0.25, 0.3) is 6.08 Å². The topological polar surface area (TPSA) is 114 Å². The van der Waals surface area contributed by atoms with Crippen molar-refractivity contribution in [2.24, 2.45) is 0 Å². The maximum Gasteiger partial charge on any atom is 0.269 e. The van der Waals surface area contributed by atoms with Crippen LogP contribution in [0.3, 0.4) is 0 Å². The molecule has 0 bridgehead atoms. The van der Waals surface area contributed by atoms with E-state index in [2.05, 4.69) is 5.32 Å². The summed E-state index contributed by atoms with van der Waals surface area (Å²) < 4.78 is 11.2. The number of rotatable bonds is 8. The zero-order chi connectivity index (χ0) is 24.7. The van der Waals surface area contributed by atoms with Crippen LogP contribution in [0.5, 0.6) is 11.5 Å². The maximum absolute atomic E-state index is 12.5. The van der Waals surface area contributed by atoms with Gasteiger partial charge in [0.1, 0.15) is 18.2 Å². The highest BCUT2D eigenvalue weighted by Crippen LogP contribution is 2.38. The number of ether oxygens (including phenoxy) is 2. The first-order chi connectivity index (χ1) is 16.3. The molecule has 3 aromatic rings. The summed E-state index contributed by atoms with van der Waals surface area (Å²) in [6.07, 6.45) is 1.34. The Hall–Kier alpha value is -4.06. The monoisotopic (exact) mass is 497 g/mol. The number of anilines is 1. The lowest BCUT2D eigenvalue weighted by Gasteiger charge is -2.14. The van der Waals surface area contributed by atoms with E-state index in [0.29, 0.717) is 22.0 Å². The molecular formula is C24H17Cl2N3O5. The summed E-state index contributed by atoms with van der Waals surface area (Å²) in [5.41, 5.74) is 1.17. The summed E-state index contributed by atoms with van der Waals surface area (Å²) in [7, 11) is 1.44. The van der Waals surface area contributed by atoms with Gasteiger partial charge in [-0.1, -0.05) is 41.4 Å². The SMILES string of the molecule is COc1cc(/C=C(/C#N)C(=O)Nc2ccc([N+](=O)[O-])cc2)cc(Cl)c1OCc1ccccc1Cl. The Bertz CT molecular complexity index is 1300. The molecular weight excluding hydrogens is 481 g/mol. The Morgan fingerprint density at radius 2 is 1.85 bits per heavy atom. The molecule has 0 unspecified atom stereocenters. The van der Waals surface area contributed by atoms with Crippen molar-refractivity contribution in [2.45, 2.75) is 6.61 Å². The van der Waals surface area contributed by atoms with Crippen molar-refractivity contribution in [1.29, 1.82) is 5.26 Å². The van der Waals surface area contributed by atoms with Crippen LogP contribution < -0.4 is 14.8 Å². The third-order valence-electron chi connectivity index (χ3n) is 4.59. The molecule has 172 valence electrons. The number of nitro groups is 1. The van der Waals surface area contributed by atoms with Crippen molar-refractivity contribution < 1.29 is 19.2 Å². The first kappa shape index (κ1) is 24.6. The van der Waals surface area contributed by atoms with Crippen molar-refractivity contribution in [3.8, 4) is 17.6 Å². The molecule has 0 saturated carbocycles. The molecule has 3 rings (SSSR count). The molecule has 34 heavy (non-hydrogen) atoms. The van der Waals surface area contributed by atoms with Gasteiger partial charge in [0.05, 0.1) is 17.1 Å². The number of carbonyl (C=O) groups is 1. The first-order valence-corrected chi connectivity index (χ1v) is 10.5. The second kappa shape index (κ2) is 11.2. The normalized spacial score (nSPS) is 10.8. The predicted octanol–water partition coefficient (Wildman–Crippen LogP) is 6.03. The first-order valence-electron chi connectivity index (χ1n) is 9.73. The minimum atomic E-state index is -0.689. The van der Waals surface area contributed by atoms with E-state index in [0.717, 1.165) is 5.56 Å². The number of nitrogens with zero attached hydrogens (tertiary/aromatic N) is 2. The van der Waals surface area contributed by atoms with E-state index >= 15 is 0 Å². The summed E-state index contributed by atoms with van der Waals surface area (Å²) in [6, 6.07) is 17.4. The van der Waals surface area contributed by atoms with Crippen LogP contribution in [-0.4, -0.2) is 17.9 Å². The van der Waals surface area contributed by atoms with Crippen molar-refractivity contribution in [2.75, 3.05) is 12.4 Å². The summed E-state index contributed by atoms with van der Waals surface area (Å²) in [5.74, 6) is -0.0977. The van der Waals surface area contributed by atoms with E-state index < -0.39 is 10.8 Å². The van der Waals surface area contributed by atoms with Gasteiger partial charge in [0.2, 0.25) is 0 Å². The Kier molecular flexibility index (Phi) is 8.09. The maximum atomic E-state index is 12.5. The van der Waals surface area contributed by atoms with Gasteiger partial charge in [-0.2, -0.15) is 5.26 Å². The van der Waals surface area contributed by atoms with Gasteiger partial charge >= 0.3 is 0 Å². The average Bonchev–Trinajstić information content (AvgIpc) is 2.82. The number of amides is 1.